The van der Waals surface area contributed by atoms with Crippen LogP contribution in [0.25, 0.3) is 10.9 Å². The molecule has 114 valence electrons. The third-order valence-corrected chi connectivity index (χ3v) is 6.76. The van der Waals surface area contributed by atoms with E-state index < -0.39 is 10.0 Å². The maximum absolute atomic E-state index is 12.8. The molecule has 0 saturated carbocycles. The van der Waals surface area contributed by atoms with Crippen LogP contribution in [0.3, 0.4) is 0 Å². The van der Waals surface area contributed by atoms with Crippen LogP contribution in [0.5, 0.6) is 0 Å². The normalized spacial score (nSPS) is 14.5. The highest BCUT2D eigenvalue weighted by Crippen LogP contribution is 2.35. The van der Waals surface area contributed by atoms with Crippen LogP contribution < -0.4 is 0 Å². The fourth-order valence-electron chi connectivity index (χ4n) is 3.40. The fourth-order valence-corrected chi connectivity index (χ4v) is 4.93. The van der Waals surface area contributed by atoms with Gasteiger partial charge in [0.05, 0.1) is 10.4 Å². The lowest BCUT2D eigenvalue weighted by atomic mass is 10.1. The lowest BCUT2D eigenvalue weighted by Gasteiger charge is -2.19. The van der Waals surface area contributed by atoms with Gasteiger partial charge in [-0.3, -0.25) is 0 Å². The Bertz CT molecular complexity index is 815. The van der Waals surface area contributed by atoms with E-state index in [-0.39, 0.29) is 0 Å². The molecule has 5 heteroatoms. The van der Waals surface area contributed by atoms with Gasteiger partial charge in [-0.15, -0.1) is 0 Å². The third-order valence-electron chi connectivity index (χ3n) is 4.73. The van der Waals surface area contributed by atoms with E-state index >= 15 is 0 Å². The van der Waals surface area contributed by atoms with Crippen molar-refractivity contribution in [2.75, 3.05) is 13.1 Å². The molecular formula is C16H22N2O2S. The zero-order valence-electron chi connectivity index (χ0n) is 13.1. The van der Waals surface area contributed by atoms with Gasteiger partial charge in [-0.25, -0.2) is 8.42 Å². The monoisotopic (exact) mass is 306 g/mol. The zero-order valence-corrected chi connectivity index (χ0v) is 13.9. The standard InChI is InChI=1S/C16H22N2O2S/c1-5-17(6-2)21(19,20)14-9-13-7-8-18-12(4)11(3)15(10-14)16(13)18/h9-10H,5-8H2,1-4H3. The molecule has 21 heavy (non-hydrogen) atoms. The lowest BCUT2D eigenvalue weighted by Crippen LogP contribution is -2.30. The van der Waals surface area contributed by atoms with E-state index in [1.165, 1.54) is 21.1 Å². The molecule has 0 N–H and O–H groups in total. The van der Waals surface area contributed by atoms with Crippen molar-refractivity contribution in [3.8, 4) is 0 Å². The molecule has 0 spiro atoms. The second kappa shape index (κ2) is 4.85. The van der Waals surface area contributed by atoms with E-state index in [2.05, 4.69) is 18.4 Å². The summed E-state index contributed by atoms with van der Waals surface area (Å²) >= 11 is 0. The highest BCUT2D eigenvalue weighted by Gasteiger charge is 2.26. The molecule has 1 aliphatic rings. The number of aryl methyl sites for hydroxylation is 3. The Balaban J connectivity index is 2.27. The second-order valence-corrected chi connectivity index (χ2v) is 7.62. The Morgan fingerprint density at radius 1 is 1.19 bits per heavy atom. The van der Waals surface area contributed by atoms with Gasteiger partial charge in [-0.05, 0) is 43.5 Å². The third kappa shape index (κ3) is 1.94. The SMILES string of the molecule is CCN(CC)S(=O)(=O)c1cc2c3c(c1)c(C)c(C)n3CC2. The molecular weight excluding hydrogens is 284 g/mol. The molecule has 0 atom stereocenters. The van der Waals surface area contributed by atoms with E-state index in [1.54, 1.807) is 0 Å². The maximum atomic E-state index is 12.8. The quantitative estimate of drug-likeness (QED) is 0.871. The predicted octanol–water partition coefficient (Wildman–Crippen LogP) is 2.84. The Morgan fingerprint density at radius 2 is 1.86 bits per heavy atom. The van der Waals surface area contributed by atoms with E-state index in [0.717, 1.165) is 23.9 Å². The maximum Gasteiger partial charge on any atom is 0.243 e. The highest BCUT2D eigenvalue weighted by atomic mass is 32.2. The number of aromatic nitrogens is 1. The topological polar surface area (TPSA) is 42.3 Å². The smallest absolute Gasteiger partial charge is 0.243 e. The Morgan fingerprint density at radius 3 is 2.48 bits per heavy atom. The fraction of sp³-hybridized carbons (Fsp3) is 0.500. The van der Waals surface area contributed by atoms with Gasteiger partial charge in [0.1, 0.15) is 0 Å². The van der Waals surface area contributed by atoms with Crippen molar-refractivity contribution in [3.05, 3.63) is 29.0 Å². The lowest BCUT2D eigenvalue weighted by molar-refractivity contribution is 0.445. The molecule has 1 aromatic heterocycles. The number of hydrogen-bond acceptors (Lipinski definition) is 2. The first kappa shape index (κ1) is 14.6. The minimum Gasteiger partial charge on any atom is -0.344 e. The summed E-state index contributed by atoms with van der Waals surface area (Å²) in [7, 11) is -3.39. The molecule has 0 fully saturated rings. The van der Waals surface area contributed by atoms with E-state index in [9.17, 15) is 8.42 Å². The van der Waals surface area contributed by atoms with Gasteiger partial charge >= 0.3 is 0 Å². The van der Waals surface area contributed by atoms with Gasteiger partial charge in [0.2, 0.25) is 10.0 Å². The van der Waals surface area contributed by atoms with Crippen molar-refractivity contribution in [2.45, 2.75) is 45.6 Å². The van der Waals surface area contributed by atoms with Gasteiger partial charge in [0, 0.05) is 30.7 Å². The molecule has 0 amide bonds. The summed E-state index contributed by atoms with van der Waals surface area (Å²) in [5.74, 6) is 0. The van der Waals surface area contributed by atoms with Crippen LogP contribution >= 0.6 is 0 Å². The predicted molar refractivity (Wildman–Crippen MR) is 85.2 cm³/mol. The van der Waals surface area contributed by atoms with Crippen molar-refractivity contribution < 1.29 is 8.42 Å². The van der Waals surface area contributed by atoms with Crippen molar-refractivity contribution in [3.63, 3.8) is 0 Å². The highest BCUT2D eigenvalue weighted by molar-refractivity contribution is 7.89. The molecule has 1 aliphatic heterocycles. The van der Waals surface area contributed by atoms with Crippen molar-refractivity contribution in [1.29, 1.82) is 0 Å². The Labute approximate surface area is 126 Å². The minimum atomic E-state index is -3.39. The Kier molecular flexibility index (Phi) is 3.37. The molecule has 0 saturated heterocycles. The second-order valence-electron chi connectivity index (χ2n) is 5.68. The van der Waals surface area contributed by atoms with Crippen molar-refractivity contribution in [2.24, 2.45) is 0 Å². The zero-order chi connectivity index (χ0) is 15.4. The summed E-state index contributed by atoms with van der Waals surface area (Å²) < 4.78 is 29.4. The van der Waals surface area contributed by atoms with Crippen LogP contribution in [-0.2, 0) is 23.0 Å². The number of nitrogens with zero attached hydrogens (tertiary/aromatic N) is 2. The molecule has 1 aromatic carbocycles. The van der Waals surface area contributed by atoms with Crippen LogP contribution in [-0.4, -0.2) is 30.4 Å². The van der Waals surface area contributed by atoms with E-state index in [0.29, 0.717) is 18.0 Å². The number of hydrogen-bond donors (Lipinski definition) is 0. The summed E-state index contributed by atoms with van der Waals surface area (Å²) in [6.45, 7) is 9.92. The summed E-state index contributed by atoms with van der Waals surface area (Å²) in [5.41, 5.74) is 4.83. The van der Waals surface area contributed by atoms with Crippen LogP contribution in [0.4, 0.5) is 0 Å². The molecule has 0 radical (unpaired) electrons. The van der Waals surface area contributed by atoms with Crippen molar-refractivity contribution in [1.82, 2.24) is 8.87 Å². The number of rotatable bonds is 4. The molecule has 0 aliphatic carbocycles. The minimum absolute atomic E-state index is 0.441. The van der Waals surface area contributed by atoms with Crippen LogP contribution in [0.15, 0.2) is 17.0 Å². The van der Waals surface area contributed by atoms with E-state index in [4.69, 9.17) is 0 Å². The van der Waals surface area contributed by atoms with E-state index in [1.807, 2.05) is 26.0 Å². The van der Waals surface area contributed by atoms with Crippen LogP contribution in [0.1, 0.15) is 30.7 Å². The first-order valence-electron chi connectivity index (χ1n) is 7.54. The van der Waals surface area contributed by atoms with Gasteiger partial charge in [-0.1, -0.05) is 13.8 Å². The number of benzene rings is 1. The van der Waals surface area contributed by atoms with Gasteiger partial charge in [0.25, 0.3) is 0 Å². The first-order valence-corrected chi connectivity index (χ1v) is 8.98. The molecule has 0 unspecified atom stereocenters. The summed E-state index contributed by atoms with van der Waals surface area (Å²) in [6.07, 6.45) is 0.925. The largest absolute Gasteiger partial charge is 0.344 e. The summed E-state index contributed by atoms with van der Waals surface area (Å²) in [6, 6.07) is 3.73. The first-order chi connectivity index (χ1) is 9.91. The summed E-state index contributed by atoms with van der Waals surface area (Å²) in [4.78, 5) is 0.441. The molecule has 4 nitrogen and oxygen atoms in total. The molecule has 2 heterocycles. The summed E-state index contributed by atoms with van der Waals surface area (Å²) in [5, 5.41) is 1.09. The average Bonchev–Trinajstić information content (AvgIpc) is 2.98. The van der Waals surface area contributed by atoms with Gasteiger partial charge in [-0.2, -0.15) is 4.31 Å². The number of sulfonamides is 1. The van der Waals surface area contributed by atoms with Crippen LogP contribution in [0.2, 0.25) is 0 Å². The van der Waals surface area contributed by atoms with Crippen LogP contribution in [0, 0.1) is 13.8 Å². The average molecular weight is 306 g/mol. The van der Waals surface area contributed by atoms with Gasteiger partial charge < -0.3 is 4.57 Å². The van der Waals surface area contributed by atoms with Gasteiger partial charge in [0.15, 0.2) is 0 Å². The molecule has 0 bridgehead atoms. The Hall–Kier alpha value is -1.33. The van der Waals surface area contributed by atoms with Crippen molar-refractivity contribution >= 4 is 20.9 Å². The molecule has 3 rings (SSSR count). The molecule has 2 aromatic rings.